The van der Waals surface area contributed by atoms with Crippen molar-refractivity contribution < 1.29 is 19.1 Å². The summed E-state index contributed by atoms with van der Waals surface area (Å²) in [5, 5.41) is 8.84. The van der Waals surface area contributed by atoms with E-state index in [2.05, 4.69) is 15.8 Å². The predicted octanol–water partition coefficient (Wildman–Crippen LogP) is 4.63. The molecule has 7 heteroatoms. The molecule has 0 saturated heterocycles. The van der Waals surface area contributed by atoms with Gasteiger partial charge in [-0.3, -0.25) is 9.59 Å². The number of benzene rings is 4. The standard InChI is InChI=1S/C27H23N3O4/c1-33-24-14-10-23(11-15-24)29-26(31)18-34-25-12-6-19(7-13-25)17-28-30-27(32)22-9-8-20-4-2-3-5-21(20)16-22/h2-17H,18H2,1H3,(H,29,31)(H,30,32)/b28-17-. The van der Waals surface area contributed by atoms with Crippen LogP contribution in [0.3, 0.4) is 0 Å². The highest BCUT2D eigenvalue weighted by Gasteiger charge is 2.06. The highest BCUT2D eigenvalue weighted by molar-refractivity contribution is 5.99. The Morgan fingerprint density at radius 2 is 1.56 bits per heavy atom. The monoisotopic (exact) mass is 453 g/mol. The zero-order valence-electron chi connectivity index (χ0n) is 18.5. The van der Waals surface area contributed by atoms with Crippen molar-refractivity contribution in [3.8, 4) is 11.5 Å². The molecule has 0 aliphatic rings. The van der Waals surface area contributed by atoms with Crippen LogP contribution in [-0.4, -0.2) is 31.7 Å². The number of nitrogens with one attached hydrogen (secondary N) is 2. The third-order valence-electron chi connectivity index (χ3n) is 5.02. The van der Waals surface area contributed by atoms with Crippen LogP contribution in [0.1, 0.15) is 15.9 Å². The summed E-state index contributed by atoms with van der Waals surface area (Å²) in [4.78, 5) is 24.4. The largest absolute Gasteiger partial charge is 0.497 e. The van der Waals surface area contributed by atoms with Gasteiger partial charge in [0.2, 0.25) is 0 Å². The molecule has 34 heavy (non-hydrogen) atoms. The summed E-state index contributed by atoms with van der Waals surface area (Å²) in [5.74, 6) is 0.699. The molecule has 170 valence electrons. The van der Waals surface area contributed by atoms with Gasteiger partial charge >= 0.3 is 0 Å². The van der Waals surface area contributed by atoms with Gasteiger partial charge in [0.1, 0.15) is 11.5 Å². The minimum Gasteiger partial charge on any atom is -0.497 e. The zero-order valence-corrected chi connectivity index (χ0v) is 18.5. The Morgan fingerprint density at radius 3 is 2.29 bits per heavy atom. The lowest BCUT2D eigenvalue weighted by molar-refractivity contribution is -0.118. The average Bonchev–Trinajstić information content (AvgIpc) is 2.88. The summed E-state index contributed by atoms with van der Waals surface area (Å²) in [7, 11) is 1.58. The van der Waals surface area contributed by atoms with E-state index in [9.17, 15) is 9.59 Å². The number of hydrazone groups is 1. The highest BCUT2D eigenvalue weighted by Crippen LogP contribution is 2.17. The second-order valence-electron chi connectivity index (χ2n) is 7.40. The van der Waals surface area contributed by atoms with Gasteiger partial charge in [-0.1, -0.05) is 30.3 Å². The smallest absolute Gasteiger partial charge is 0.271 e. The molecule has 0 fully saturated rings. The fourth-order valence-corrected chi connectivity index (χ4v) is 3.23. The zero-order chi connectivity index (χ0) is 23.8. The summed E-state index contributed by atoms with van der Waals surface area (Å²) < 4.78 is 10.6. The molecule has 2 N–H and O–H groups in total. The van der Waals surface area contributed by atoms with E-state index in [-0.39, 0.29) is 18.4 Å². The van der Waals surface area contributed by atoms with Gasteiger partial charge in [0, 0.05) is 11.3 Å². The van der Waals surface area contributed by atoms with E-state index in [0.717, 1.165) is 16.3 Å². The number of methoxy groups -OCH3 is 1. The van der Waals surface area contributed by atoms with Crippen molar-refractivity contribution in [3.63, 3.8) is 0 Å². The molecule has 0 bridgehead atoms. The van der Waals surface area contributed by atoms with Crippen molar-refractivity contribution in [3.05, 3.63) is 102 Å². The number of fused-ring (bicyclic) bond motifs is 1. The molecular formula is C27H23N3O4. The number of nitrogens with zero attached hydrogens (tertiary/aromatic N) is 1. The van der Waals surface area contributed by atoms with Crippen molar-refractivity contribution in [2.75, 3.05) is 19.0 Å². The lowest BCUT2D eigenvalue weighted by atomic mass is 10.1. The van der Waals surface area contributed by atoms with Gasteiger partial charge in [-0.2, -0.15) is 5.10 Å². The van der Waals surface area contributed by atoms with E-state index in [1.54, 1.807) is 67.9 Å². The third kappa shape index (κ3) is 5.98. The fourth-order valence-electron chi connectivity index (χ4n) is 3.23. The quantitative estimate of drug-likeness (QED) is 0.301. The van der Waals surface area contributed by atoms with Crippen LogP contribution in [0.25, 0.3) is 10.8 Å². The van der Waals surface area contributed by atoms with Crippen LogP contribution in [0, 0.1) is 0 Å². The van der Waals surface area contributed by atoms with E-state index in [4.69, 9.17) is 9.47 Å². The number of amides is 2. The van der Waals surface area contributed by atoms with Crippen LogP contribution in [0.2, 0.25) is 0 Å². The van der Waals surface area contributed by atoms with Crippen molar-refractivity contribution in [1.29, 1.82) is 0 Å². The Hall–Kier alpha value is -4.65. The normalized spacial score (nSPS) is 10.7. The van der Waals surface area contributed by atoms with Crippen molar-refractivity contribution >= 4 is 34.5 Å². The minimum absolute atomic E-state index is 0.124. The van der Waals surface area contributed by atoms with Gasteiger partial charge in [0.05, 0.1) is 13.3 Å². The van der Waals surface area contributed by atoms with Crippen LogP contribution in [-0.2, 0) is 4.79 Å². The van der Waals surface area contributed by atoms with Crippen LogP contribution in [0.15, 0.2) is 96.1 Å². The molecule has 0 heterocycles. The third-order valence-corrected chi connectivity index (χ3v) is 5.02. The molecule has 7 nitrogen and oxygen atoms in total. The average molecular weight is 453 g/mol. The number of anilines is 1. The van der Waals surface area contributed by atoms with Gasteiger partial charge in [-0.05, 0) is 77.0 Å². The first-order valence-electron chi connectivity index (χ1n) is 10.6. The number of rotatable bonds is 8. The lowest BCUT2D eigenvalue weighted by Gasteiger charge is -2.08. The molecule has 0 saturated carbocycles. The maximum atomic E-state index is 12.4. The summed E-state index contributed by atoms with van der Waals surface area (Å²) in [6, 6.07) is 27.4. The first kappa shape index (κ1) is 22.5. The molecule has 0 atom stereocenters. The Balaban J connectivity index is 1.25. The molecule has 0 aliphatic carbocycles. The lowest BCUT2D eigenvalue weighted by Crippen LogP contribution is -2.20. The summed E-state index contributed by atoms with van der Waals surface area (Å²) in [6.07, 6.45) is 1.54. The maximum Gasteiger partial charge on any atom is 0.271 e. The number of ether oxygens (including phenoxy) is 2. The molecule has 4 rings (SSSR count). The van der Waals surface area contributed by atoms with Gasteiger partial charge in [-0.15, -0.1) is 0 Å². The summed E-state index contributed by atoms with van der Waals surface area (Å²) in [6.45, 7) is -0.124. The van der Waals surface area contributed by atoms with Gasteiger partial charge < -0.3 is 14.8 Å². The van der Waals surface area contributed by atoms with E-state index >= 15 is 0 Å². The van der Waals surface area contributed by atoms with Crippen molar-refractivity contribution in [2.24, 2.45) is 5.10 Å². The second kappa shape index (κ2) is 10.8. The first-order chi connectivity index (χ1) is 16.6. The molecule has 0 aliphatic heterocycles. The van der Waals surface area contributed by atoms with Gasteiger partial charge in [0.25, 0.3) is 11.8 Å². The van der Waals surface area contributed by atoms with Crippen LogP contribution < -0.4 is 20.2 Å². The van der Waals surface area contributed by atoms with Crippen molar-refractivity contribution in [2.45, 2.75) is 0 Å². The van der Waals surface area contributed by atoms with Gasteiger partial charge in [0.15, 0.2) is 6.61 Å². The molecule has 4 aromatic rings. The van der Waals surface area contributed by atoms with E-state index < -0.39 is 0 Å². The summed E-state index contributed by atoms with van der Waals surface area (Å²) in [5.41, 5.74) is 4.50. The molecule has 0 aromatic heterocycles. The molecule has 4 aromatic carbocycles. The number of hydrogen-bond acceptors (Lipinski definition) is 5. The Labute approximate surface area is 197 Å². The fraction of sp³-hybridized carbons (Fsp3) is 0.0741. The van der Waals surface area contributed by atoms with Crippen molar-refractivity contribution in [1.82, 2.24) is 5.43 Å². The Morgan fingerprint density at radius 1 is 0.853 bits per heavy atom. The van der Waals surface area contributed by atoms with Crippen LogP contribution >= 0.6 is 0 Å². The molecule has 0 unspecified atom stereocenters. The van der Waals surface area contributed by atoms with E-state index in [1.807, 2.05) is 36.4 Å². The topological polar surface area (TPSA) is 89.0 Å². The minimum atomic E-state index is -0.287. The Bertz CT molecular complexity index is 1320. The molecule has 0 radical (unpaired) electrons. The predicted molar refractivity (Wildman–Crippen MR) is 133 cm³/mol. The summed E-state index contributed by atoms with van der Waals surface area (Å²) >= 11 is 0. The Kier molecular flexibility index (Phi) is 7.15. The second-order valence-corrected chi connectivity index (χ2v) is 7.40. The SMILES string of the molecule is COc1ccc(NC(=O)COc2ccc(/C=N\NC(=O)c3ccc4ccccc4c3)cc2)cc1. The molecule has 2 amide bonds. The maximum absolute atomic E-state index is 12.4. The van der Waals surface area contributed by atoms with E-state index in [1.165, 1.54) is 0 Å². The van der Waals surface area contributed by atoms with E-state index in [0.29, 0.717) is 22.7 Å². The van der Waals surface area contributed by atoms with Crippen LogP contribution in [0.5, 0.6) is 11.5 Å². The van der Waals surface area contributed by atoms with Crippen LogP contribution in [0.4, 0.5) is 5.69 Å². The number of hydrogen-bond donors (Lipinski definition) is 2. The molecular weight excluding hydrogens is 430 g/mol. The number of carbonyl (C=O) groups excluding carboxylic acids is 2. The van der Waals surface area contributed by atoms with Gasteiger partial charge in [-0.25, -0.2) is 5.43 Å². The highest BCUT2D eigenvalue weighted by atomic mass is 16.5. The number of carbonyl (C=O) groups is 2. The first-order valence-corrected chi connectivity index (χ1v) is 10.6. The molecule has 0 spiro atoms.